The highest BCUT2D eigenvalue weighted by atomic mass is 16.5. The van der Waals surface area contributed by atoms with Crippen LogP contribution < -0.4 is 5.32 Å². The van der Waals surface area contributed by atoms with E-state index in [0.717, 1.165) is 30.7 Å². The van der Waals surface area contributed by atoms with E-state index in [1.165, 1.54) is 6.42 Å². The largest absolute Gasteiger partial charge is 0.452 e. The number of hydrogen-bond donors (Lipinski definition) is 1. The molecule has 1 aromatic rings. The molecular formula is C19H30N2O3. The fourth-order valence-corrected chi connectivity index (χ4v) is 3.77. The zero-order chi connectivity index (χ0) is 17.9. The number of carbonyl (C=O) groups is 2. The summed E-state index contributed by atoms with van der Waals surface area (Å²) in [5.41, 5.74) is 2.45. The Balaban J connectivity index is 1.91. The number of aromatic nitrogens is 1. The smallest absolute Gasteiger partial charge is 0.340 e. The zero-order valence-electron chi connectivity index (χ0n) is 15.5. The fraction of sp³-hybridized carbons (Fsp3) is 0.684. The summed E-state index contributed by atoms with van der Waals surface area (Å²) in [7, 11) is 0. The molecule has 1 heterocycles. The van der Waals surface area contributed by atoms with E-state index in [2.05, 4.69) is 30.7 Å². The van der Waals surface area contributed by atoms with Crippen molar-refractivity contribution in [2.45, 2.75) is 72.4 Å². The lowest BCUT2D eigenvalue weighted by molar-refractivity contribution is -0.125. The van der Waals surface area contributed by atoms with Crippen LogP contribution in [-0.4, -0.2) is 29.1 Å². The minimum Gasteiger partial charge on any atom is -0.452 e. The molecule has 5 nitrogen and oxygen atoms in total. The Morgan fingerprint density at radius 1 is 1.29 bits per heavy atom. The predicted molar refractivity (Wildman–Crippen MR) is 94.1 cm³/mol. The number of ether oxygens (including phenoxy) is 1. The Morgan fingerprint density at radius 3 is 2.54 bits per heavy atom. The van der Waals surface area contributed by atoms with Crippen LogP contribution in [0, 0.1) is 19.8 Å². The van der Waals surface area contributed by atoms with Gasteiger partial charge >= 0.3 is 5.97 Å². The highest BCUT2D eigenvalue weighted by Gasteiger charge is 2.24. The molecule has 1 fully saturated rings. The molecule has 1 aliphatic rings. The van der Waals surface area contributed by atoms with E-state index >= 15 is 0 Å². The van der Waals surface area contributed by atoms with Gasteiger partial charge in [-0.25, -0.2) is 4.79 Å². The summed E-state index contributed by atoms with van der Waals surface area (Å²) < 4.78 is 7.33. The van der Waals surface area contributed by atoms with Gasteiger partial charge in [-0.1, -0.05) is 19.8 Å². The van der Waals surface area contributed by atoms with E-state index in [4.69, 9.17) is 4.74 Å². The van der Waals surface area contributed by atoms with Gasteiger partial charge in [-0.3, -0.25) is 4.79 Å². The highest BCUT2D eigenvalue weighted by Crippen LogP contribution is 2.24. The number of nitrogens with one attached hydrogen (secondary N) is 1. The van der Waals surface area contributed by atoms with Crippen LogP contribution >= 0.6 is 0 Å². The van der Waals surface area contributed by atoms with Crippen molar-refractivity contribution in [3.63, 3.8) is 0 Å². The van der Waals surface area contributed by atoms with E-state index in [-0.39, 0.29) is 24.6 Å². The maximum atomic E-state index is 12.3. The van der Waals surface area contributed by atoms with Gasteiger partial charge in [-0.05, 0) is 52.5 Å². The Hall–Kier alpha value is -1.78. The fourth-order valence-electron chi connectivity index (χ4n) is 3.77. The van der Waals surface area contributed by atoms with Crippen molar-refractivity contribution >= 4 is 11.9 Å². The second kappa shape index (κ2) is 7.86. The van der Waals surface area contributed by atoms with Crippen LogP contribution in [-0.2, 0) is 9.53 Å². The second-order valence-electron chi connectivity index (χ2n) is 7.26. The Kier molecular flexibility index (Phi) is 6.08. The van der Waals surface area contributed by atoms with Gasteiger partial charge in [0, 0.05) is 23.5 Å². The van der Waals surface area contributed by atoms with Crippen molar-refractivity contribution < 1.29 is 14.3 Å². The van der Waals surface area contributed by atoms with Crippen LogP contribution in [0.15, 0.2) is 6.07 Å². The molecule has 5 heteroatoms. The normalized spacial score (nSPS) is 20.9. The molecule has 0 aliphatic heterocycles. The maximum absolute atomic E-state index is 12.3. The Labute approximate surface area is 144 Å². The summed E-state index contributed by atoms with van der Waals surface area (Å²) in [4.78, 5) is 24.4. The second-order valence-corrected chi connectivity index (χ2v) is 7.26. The van der Waals surface area contributed by atoms with Gasteiger partial charge in [0.15, 0.2) is 6.61 Å². The summed E-state index contributed by atoms with van der Waals surface area (Å²) in [5, 5.41) is 3.00. The van der Waals surface area contributed by atoms with Crippen LogP contribution in [0.5, 0.6) is 0 Å². The molecular weight excluding hydrogens is 304 g/mol. The molecule has 134 valence electrons. The first-order valence-corrected chi connectivity index (χ1v) is 8.96. The van der Waals surface area contributed by atoms with Crippen molar-refractivity contribution in [3.05, 3.63) is 23.0 Å². The molecule has 1 N–H and O–H groups in total. The standard InChI is InChI=1S/C19H30N2O3/c1-12(2)21-14(4)10-16(15(21)5)19(23)24-11-18(22)20-17-9-7-6-8-13(17)3/h10,12-13,17H,6-9,11H2,1-5H3,(H,20,22)/t13-,17-/m0/s1. The SMILES string of the molecule is Cc1cc(C(=O)OCC(=O)N[C@H]2CCCC[C@@H]2C)c(C)n1C(C)C. The molecule has 2 rings (SSSR count). The van der Waals surface area contributed by atoms with Gasteiger partial charge < -0.3 is 14.6 Å². The van der Waals surface area contributed by atoms with E-state index in [1.54, 1.807) is 0 Å². The number of aryl methyl sites for hydroxylation is 1. The predicted octanol–water partition coefficient (Wildman–Crippen LogP) is 3.54. The van der Waals surface area contributed by atoms with Crippen LogP contribution in [0.1, 0.15) is 74.2 Å². The van der Waals surface area contributed by atoms with Gasteiger partial charge in [-0.2, -0.15) is 0 Å². The molecule has 1 saturated carbocycles. The van der Waals surface area contributed by atoms with Gasteiger partial charge in [-0.15, -0.1) is 0 Å². The first-order chi connectivity index (χ1) is 11.3. The minimum atomic E-state index is -0.429. The zero-order valence-corrected chi connectivity index (χ0v) is 15.5. The van der Waals surface area contributed by atoms with Crippen molar-refractivity contribution in [2.75, 3.05) is 6.61 Å². The van der Waals surface area contributed by atoms with Gasteiger partial charge in [0.25, 0.3) is 5.91 Å². The summed E-state index contributed by atoms with van der Waals surface area (Å²) in [5.74, 6) is -0.148. The molecule has 1 aliphatic carbocycles. The lowest BCUT2D eigenvalue weighted by Crippen LogP contribution is -2.42. The Bertz CT molecular complexity index is 604. The number of hydrogen-bond acceptors (Lipinski definition) is 3. The Morgan fingerprint density at radius 2 is 1.96 bits per heavy atom. The summed E-state index contributed by atoms with van der Waals surface area (Å²) >= 11 is 0. The van der Waals surface area contributed by atoms with Gasteiger partial charge in [0.1, 0.15) is 0 Å². The number of esters is 1. The summed E-state index contributed by atoms with van der Waals surface area (Å²) in [6, 6.07) is 2.32. The van der Waals surface area contributed by atoms with Crippen molar-refractivity contribution in [2.24, 2.45) is 5.92 Å². The third-order valence-corrected chi connectivity index (χ3v) is 5.01. The van der Waals surface area contributed by atoms with E-state index in [9.17, 15) is 9.59 Å². The molecule has 0 saturated heterocycles. The van der Waals surface area contributed by atoms with Crippen molar-refractivity contribution in [1.82, 2.24) is 9.88 Å². The van der Waals surface area contributed by atoms with Gasteiger partial charge in [0.05, 0.1) is 5.56 Å². The average Bonchev–Trinajstić information content (AvgIpc) is 2.82. The lowest BCUT2D eigenvalue weighted by atomic mass is 9.86. The molecule has 24 heavy (non-hydrogen) atoms. The van der Waals surface area contributed by atoms with E-state index in [0.29, 0.717) is 11.5 Å². The highest BCUT2D eigenvalue weighted by molar-refractivity contribution is 5.92. The van der Waals surface area contributed by atoms with Crippen molar-refractivity contribution in [1.29, 1.82) is 0 Å². The van der Waals surface area contributed by atoms with E-state index < -0.39 is 5.97 Å². The first-order valence-electron chi connectivity index (χ1n) is 8.96. The third kappa shape index (κ3) is 4.19. The van der Waals surface area contributed by atoms with Gasteiger partial charge in [0.2, 0.25) is 0 Å². The number of amides is 1. The van der Waals surface area contributed by atoms with Crippen LogP contribution in [0.25, 0.3) is 0 Å². The molecule has 0 radical (unpaired) electrons. The summed E-state index contributed by atoms with van der Waals surface area (Å²) in [6.07, 6.45) is 4.53. The molecule has 1 amide bonds. The molecule has 0 spiro atoms. The molecule has 0 aromatic carbocycles. The molecule has 1 aromatic heterocycles. The van der Waals surface area contributed by atoms with Crippen LogP contribution in [0.4, 0.5) is 0 Å². The number of rotatable bonds is 5. The average molecular weight is 334 g/mol. The summed E-state index contributed by atoms with van der Waals surface area (Å²) in [6.45, 7) is 9.99. The van der Waals surface area contributed by atoms with E-state index in [1.807, 2.05) is 19.9 Å². The van der Waals surface area contributed by atoms with Crippen LogP contribution in [0.2, 0.25) is 0 Å². The lowest BCUT2D eigenvalue weighted by Gasteiger charge is -2.29. The third-order valence-electron chi connectivity index (χ3n) is 5.01. The van der Waals surface area contributed by atoms with Crippen molar-refractivity contribution in [3.8, 4) is 0 Å². The number of carbonyl (C=O) groups excluding carboxylic acids is 2. The first kappa shape index (κ1) is 18.6. The molecule has 0 unspecified atom stereocenters. The van der Waals surface area contributed by atoms with Crippen LogP contribution in [0.3, 0.4) is 0 Å². The number of nitrogens with zero attached hydrogens (tertiary/aromatic N) is 1. The quantitative estimate of drug-likeness (QED) is 0.838. The topological polar surface area (TPSA) is 60.3 Å². The molecule has 2 atom stereocenters. The monoisotopic (exact) mass is 334 g/mol. The minimum absolute atomic E-state index is 0.205. The molecule has 0 bridgehead atoms. The maximum Gasteiger partial charge on any atom is 0.340 e.